The third-order valence-electron chi connectivity index (χ3n) is 4.96. The maximum absolute atomic E-state index is 13.6. The Morgan fingerprint density at radius 2 is 1.87 bits per heavy atom. The van der Waals surface area contributed by atoms with Gasteiger partial charge in [-0.1, -0.05) is 0 Å². The Balaban J connectivity index is 1.51. The normalized spacial score (nSPS) is 11.5. The molecule has 0 saturated carbocycles. The second-order valence-electron chi connectivity index (χ2n) is 6.97. The summed E-state index contributed by atoms with van der Waals surface area (Å²) in [6.07, 6.45) is 8.40. The molecule has 8 nitrogen and oxygen atoms in total. The third-order valence-corrected chi connectivity index (χ3v) is 5.87. The van der Waals surface area contributed by atoms with Crippen molar-refractivity contribution < 1.29 is 4.39 Å². The van der Waals surface area contributed by atoms with Gasteiger partial charge in [-0.05, 0) is 24.3 Å². The molecule has 0 aliphatic rings. The largest absolute Gasteiger partial charge is 0.397 e. The van der Waals surface area contributed by atoms with E-state index >= 15 is 0 Å². The van der Waals surface area contributed by atoms with Gasteiger partial charge in [0.2, 0.25) is 0 Å². The number of anilines is 1. The van der Waals surface area contributed by atoms with Gasteiger partial charge in [-0.2, -0.15) is 9.49 Å². The summed E-state index contributed by atoms with van der Waals surface area (Å²) in [6, 6.07) is 6.91. The highest BCUT2D eigenvalue weighted by Crippen LogP contribution is 2.34. The minimum Gasteiger partial charge on any atom is -0.397 e. The highest BCUT2D eigenvalue weighted by molar-refractivity contribution is 7.14. The van der Waals surface area contributed by atoms with Crippen LogP contribution in [0.5, 0.6) is 0 Å². The van der Waals surface area contributed by atoms with Gasteiger partial charge in [0.05, 0.1) is 34.8 Å². The summed E-state index contributed by atoms with van der Waals surface area (Å²) in [7, 11) is 0. The van der Waals surface area contributed by atoms with E-state index in [1.807, 2.05) is 12.1 Å². The Labute approximate surface area is 178 Å². The topological polar surface area (TPSA) is 122 Å². The standard InChI is InChI=1S/C21H13FN8S/c22-18-2-1-17(31-18)13-7-25-8-16-19(13)28-21(27-16)20-12-4-14(26-9-15(12)29-30-20)10-3-11(23)6-24-5-10/h1-9H,23H2,(H,27,28)(H,29,30). The van der Waals surface area contributed by atoms with Gasteiger partial charge in [0.15, 0.2) is 11.0 Å². The number of hydrogen-bond acceptors (Lipinski definition) is 7. The van der Waals surface area contributed by atoms with Gasteiger partial charge in [0.1, 0.15) is 11.2 Å². The van der Waals surface area contributed by atoms with E-state index in [1.54, 1.807) is 37.1 Å². The molecule has 31 heavy (non-hydrogen) atoms. The maximum Gasteiger partial charge on any atom is 0.176 e. The maximum atomic E-state index is 13.6. The first-order chi connectivity index (χ1) is 15.2. The number of aromatic nitrogens is 7. The van der Waals surface area contributed by atoms with Crippen molar-refractivity contribution in [2.45, 2.75) is 0 Å². The van der Waals surface area contributed by atoms with Gasteiger partial charge in [-0.15, -0.1) is 11.3 Å². The number of rotatable bonds is 3. The molecule has 4 N–H and O–H groups in total. The van der Waals surface area contributed by atoms with Crippen LogP contribution in [0.2, 0.25) is 0 Å². The number of nitrogen functional groups attached to an aromatic ring is 1. The molecular formula is C21H13FN8S. The van der Waals surface area contributed by atoms with Crippen molar-refractivity contribution in [2.24, 2.45) is 0 Å². The van der Waals surface area contributed by atoms with Gasteiger partial charge in [0, 0.05) is 40.0 Å². The quantitative estimate of drug-likeness (QED) is 0.384. The van der Waals surface area contributed by atoms with Crippen molar-refractivity contribution in [2.75, 3.05) is 5.73 Å². The molecule has 6 aromatic heterocycles. The molecule has 10 heteroatoms. The third kappa shape index (κ3) is 2.92. The molecule has 0 spiro atoms. The zero-order valence-corrected chi connectivity index (χ0v) is 16.6. The highest BCUT2D eigenvalue weighted by atomic mass is 32.1. The lowest BCUT2D eigenvalue weighted by atomic mass is 10.1. The number of halogens is 1. The first kappa shape index (κ1) is 17.7. The lowest BCUT2D eigenvalue weighted by Crippen LogP contribution is -1.90. The van der Waals surface area contributed by atoms with Crippen LogP contribution >= 0.6 is 11.3 Å². The number of pyridine rings is 3. The van der Waals surface area contributed by atoms with Crippen molar-refractivity contribution in [1.29, 1.82) is 0 Å². The lowest BCUT2D eigenvalue weighted by Gasteiger charge is -2.02. The molecule has 6 rings (SSSR count). The Hall–Kier alpha value is -4.18. The number of hydrogen-bond donors (Lipinski definition) is 3. The van der Waals surface area contributed by atoms with Crippen LogP contribution in [0, 0.1) is 5.13 Å². The molecule has 0 saturated heterocycles. The van der Waals surface area contributed by atoms with E-state index in [9.17, 15) is 4.39 Å². The molecule has 0 aliphatic carbocycles. The van der Waals surface area contributed by atoms with Crippen LogP contribution in [0.1, 0.15) is 0 Å². The molecule has 0 aromatic carbocycles. The fraction of sp³-hybridized carbons (Fsp3) is 0. The predicted octanol–water partition coefficient (Wildman–Crippen LogP) is 4.41. The summed E-state index contributed by atoms with van der Waals surface area (Å²) in [5, 5.41) is 8.04. The van der Waals surface area contributed by atoms with Crippen LogP contribution < -0.4 is 5.73 Å². The Bertz CT molecular complexity index is 1580. The Morgan fingerprint density at radius 1 is 0.968 bits per heavy atom. The minimum absolute atomic E-state index is 0.253. The van der Waals surface area contributed by atoms with E-state index < -0.39 is 0 Å². The highest BCUT2D eigenvalue weighted by Gasteiger charge is 2.17. The van der Waals surface area contributed by atoms with E-state index in [4.69, 9.17) is 10.7 Å². The fourth-order valence-corrected chi connectivity index (χ4v) is 4.28. The molecule has 0 fully saturated rings. The van der Waals surface area contributed by atoms with E-state index in [0.29, 0.717) is 22.7 Å². The van der Waals surface area contributed by atoms with E-state index in [2.05, 4.69) is 30.1 Å². The number of nitrogens with two attached hydrogens (primary N) is 1. The van der Waals surface area contributed by atoms with E-state index in [1.165, 1.54) is 6.07 Å². The van der Waals surface area contributed by atoms with E-state index in [0.717, 1.165) is 49.5 Å². The van der Waals surface area contributed by atoms with Crippen LogP contribution in [0.15, 0.2) is 55.2 Å². The molecule has 0 atom stereocenters. The SMILES string of the molecule is Nc1cncc(-c2cc3c(-c4nc5c(-c6ccc(F)s6)cncc5[nH]4)n[nH]c3cn2)c1. The zero-order chi connectivity index (χ0) is 20.9. The van der Waals surface area contributed by atoms with Crippen LogP contribution in [0.3, 0.4) is 0 Å². The van der Waals surface area contributed by atoms with Gasteiger partial charge in [-0.25, -0.2) is 4.98 Å². The van der Waals surface area contributed by atoms with Gasteiger partial charge in [-0.3, -0.25) is 20.1 Å². The van der Waals surface area contributed by atoms with Crippen LogP contribution in [0.4, 0.5) is 10.1 Å². The first-order valence-corrected chi connectivity index (χ1v) is 10.1. The van der Waals surface area contributed by atoms with Gasteiger partial charge >= 0.3 is 0 Å². The molecule has 0 bridgehead atoms. The number of aromatic amines is 2. The smallest absolute Gasteiger partial charge is 0.176 e. The molecule has 0 amide bonds. The van der Waals surface area contributed by atoms with Gasteiger partial charge < -0.3 is 10.7 Å². The number of thiophene rings is 1. The number of imidazole rings is 1. The average Bonchev–Trinajstić information content (AvgIpc) is 3.50. The molecule has 0 aliphatic heterocycles. The van der Waals surface area contributed by atoms with E-state index in [-0.39, 0.29) is 5.13 Å². The Kier molecular flexibility index (Phi) is 3.80. The number of H-pyrrole nitrogens is 2. The second-order valence-corrected chi connectivity index (χ2v) is 8.00. The molecule has 0 unspecified atom stereocenters. The van der Waals surface area contributed by atoms with Crippen molar-refractivity contribution in [3.05, 3.63) is 60.4 Å². The van der Waals surface area contributed by atoms with Crippen LogP contribution in [0.25, 0.3) is 55.2 Å². The van der Waals surface area contributed by atoms with Crippen molar-refractivity contribution >= 4 is 39.0 Å². The molecule has 150 valence electrons. The van der Waals surface area contributed by atoms with Crippen molar-refractivity contribution in [3.8, 4) is 33.2 Å². The molecule has 6 heterocycles. The van der Waals surface area contributed by atoms with Gasteiger partial charge in [0.25, 0.3) is 0 Å². The lowest BCUT2D eigenvalue weighted by molar-refractivity contribution is 0.657. The first-order valence-electron chi connectivity index (χ1n) is 9.30. The minimum atomic E-state index is -0.253. The summed E-state index contributed by atoms with van der Waals surface area (Å²) in [5.74, 6) is 0.579. The van der Waals surface area contributed by atoms with Crippen molar-refractivity contribution in [3.63, 3.8) is 0 Å². The summed E-state index contributed by atoms with van der Waals surface area (Å²) in [6.45, 7) is 0. The molecule has 0 radical (unpaired) electrons. The summed E-state index contributed by atoms with van der Waals surface area (Å²) in [5.41, 5.74) is 11.6. The van der Waals surface area contributed by atoms with Crippen LogP contribution in [-0.2, 0) is 0 Å². The number of nitrogens with zero attached hydrogens (tertiary/aromatic N) is 5. The molecular weight excluding hydrogens is 415 g/mol. The predicted molar refractivity (Wildman–Crippen MR) is 118 cm³/mol. The fourth-order valence-electron chi connectivity index (χ4n) is 3.54. The number of nitrogens with one attached hydrogen (secondary N) is 2. The van der Waals surface area contributed by atoms with Crippen LogP contribution in [-0.4, -0.2) is 35.1 Å². The van der Waals surface area contributed by atoms with Crippen molar-refractivity contribution in [1.82, 2.24) is 35.1 Å². The summed E-state index contributed by atoms with van der Waals surface area (Å²) < 4.78 is 13.6. The molecule has 6 aromatic rings. The zero-order valence-electron chi connectivity index (χ0n) is 15.8. The summed E-state index contributed by atoms with van der Waals surface area (Å²) in [4.78, 5) is 21.7. The average molecular weight is 428 g/mol. The number of fused-ring (bicyclic) bond motifs is 2. The monoisotopic (exact) mass is 428 g/mol. The summed E-state index contributed by atoms with van der Waals surface area (Å²) >= 11 is 1.06. The second kappa shape index (κ2) is 6.67. The Morgan fingerprint density at radius 3 is 2.71 bits per heavy atom.